The first-order valence-corrected chi connectivity index (χ1v) is 5.71. The van der Waals surface area contributed by atoms with Crippen LogP contribution in [0.2, 0.25) is 0 Å². The smallest absolute Gasteiger partial charge is 0.433 e. The van der Waals surface area contributed by atoms with Crippen molar-refractivity contribution >= 4 is 5.88 Å². The number of ether oxygens (including phenoxy) is 2. The van der Waals surface area contributed by atoms with E-state index >= 15 is 0 Å². The van der Waals surface area contributed by atoms with E-state index in [4.69, 9.17) is 13.9 Å². The van der Waals surface area contributed by atoms with Gasteiger partial charge in [0, 0.05) is 11.6 Å². The van der Waals surface area contributed by atoms with Gasteiger partial charge in [-0.15, -0.1) is 0 Å². The molecule has 20 heavy (non-hydrogen) atoms. The molecule has 2 rings (SSSR count). The Hall–Kier alpha value is -2.54. The number of aliphatic hydroxyl groups is 1. The molecule has 0 saturated carbocycles. The van der Waals surface area contributed by atoms with Crippen LogP contribution in [0.4, 0.5) is 5.88 Å². The lowest BCUT2D eigenvalue weighted by atomic mass is 10.1. The molecule has 1 aromatic carbocycles. The van der Waals surface area contributed by atoms with E-state index in [-0.39, 0.29) is 5.76 Å². The van der Waals surface area contributed by atoms with Gasteiger partial charge in [0.25, 0.3) is 0 Å². The molecule has 7 heteroatoms. The zero-order chi connectivity index (χ0) is 14.7. The number of nitro groups is 1. The van der Waals surface area contributed by atoms with Crippen molar-refractivity contribution in [1.29, 1.82) is 0 Å². The summed E-state index contributed by atoms with van der Waals surface area (Å²) in [6.07, 6.45) is -1.16. The summed E-state index contributed by atoms with van der Waals surface area (Å²) in [7, 11) is 2.97. The zero-order valence-electron chi connectivity index (χ0n) is 10.9. The van der Waals surface area contributed by atoms with Crippen LogP contribution in [0.1, 0.15) is 17.4 Å². The van der Waals surface area contributed by atoms with Crippen LogP contribution in [0.5, 0.6) is 11.5 Å². The SMILES string of the molecule is COc1ccc(C(O)c2ccc([N+](=O)[O-])o2)c(OC)c1. The summed E-state index contributed by atoms with van der Waals surface area (Å²) in [6, 6.07) is 7.41. The van der Waals surface area contributed by atoms with Crippen LogP contribution in [0, 0.1) is 10.1 Å². The number of benzene rings is 1. The van der Waals surface area contributed by atoms with Gasteiger partial charge in [-0.1, -0.05) is 0 Å². The summed E-state index contributed by atoms with van der Waals surface area (Å²) < 4.78 is 15.2. The monoisotopic (exact) mass is 279 g/mol. The van der Waals surface area contributed by atoms with Crippen LogP contribution in [0.25, 0.3) is 0 Å². The topological polar surface area (TPSA) is 95.0 Å². The molecule has 0 aliphatic carbocycles. The summed E-state index contributed by atoms with van der Waals surface area (Å²) in [5.74, 6) is 0.617. The normalized spacial score (nSPS) is 11.9. The van der Waals surface area contributed by atoms with Crippen molar-refractivity contribution in [3.63, 3.8) is 0 Å². The number of aliphatic hydroxyl groups excluding tert-OH is 1. The first-order valence-electron chi connectivity index (χ1n) is 5.71. The van der Waals surface area contributed by atoms with E-state index in [2.05, 4.69) is 0 Å². The number of hydrogen-bond donors (Lipinski definition) is 1. The molecule has 1 heterocycles. The van der Waals surface area contributed by atoms with Gasteiger partial charge < -0.3 is 19.0 Å². The average Bonchev–Trinajstić information content (AvgIpc) is 2.95. The Morgan fingerprint density at radius 3 is 2.55 bits per heavy atom. The Labute approximate surface area is 114 Å². The Morgan fingerprint density at radius 2 is 2.00 bits per heavy atom. The third-order valence-electron chi connectivity index (χ3n) is 2.80. The first kappa shape index (κ1) is 13.9. The van der Waals surface area contributed by atoms with Gasteiger partial charge in [0.15, 0.2) is 0 Å². The van der Waals surface area contributed by atoms with E-state index in [0.29, 0.717) is 17.1 Å². The van der Waals surface area contributed by atoms with Gasteiger partial charge in [-0.3, -0.25) is 10.1 Å². The maximum Gasteiger partial charge on any atom is 0.433 e. The summed E-state index contributed by atoms with van der Waals surface area (Å²) in [6.45, 7) is 0. The minimum Gasteiger partial charge on any atom is -0.497 e. The highest BCUT2D eigenvalue weighted by Crippen LogP contribution is 2.34. The molecule has 7 nitrogen and oxygen atoms in total. The Bertz CT molecular complexity index is 621. The Kier molecular flexibility index (Phi) is 3.90. The summed E-state index contributed by atoms with van der Waals surface area (Å²) in [5.41, 5.74) is 0.428. The summed E-state index contributed by atoms with van der Waals surface area (Å²) in [4.78, 5) is 9.90. The van der Waals surface area contributed by atoms with Gasteiger partial charge >= 0.3 is 5.88 Å². The molecule has 1 N–H and O–H groups in total. The van der Waals surface area contributed by atoms with Crippen LogP contribution in [0.15, 0.2) is 34.7 Å². The Morgan fingerprint density at radius 1 is 1.25 bits per heavy atom. The number of methoxy groups -OCH3 is 2. The number of hydrogen-bond acceptors (Lipinski definition) is 6. The van der Waals surface area contributed by atoms with Crippen LogP contribution in [-0.2, 0) is 0 Å². The molecule has 2 aromatic rings. The van der Waals surface area contributed by atoms with Crippen molar-refractivity contribution in [2.24, 2.45) is 0 Å². The zero-order valence-corrected chi connectivity index (χ0v) is 10.9. The fourth-order valence-electron chi connectivity index (χ4n) is 1.78. The molecule has 1 atom stereocenters. The number of rotatable bonds is 5. The molecular weight excluding hydrogens is 266 g/mol. The molecule has 0 amide bonds. The minimum atomic E-state index is -1.16. The van der Waals surface area contributed by atoms with Crippen LogP contribution < -0.4 is 9.47 Å². The lowest BCUT2D eigenvalue weighted by molar-refractivity contribution is -0.402. The molecule has 0 spiro atoms. The molecular formula is C13H13NO6. The lowest BCUT2D eigenvalue weighted by Gasteiger charge is -2.13. The van der Waals surface area contributed by atoms with E-state index in [1.807, 2.05) is 0 Å². The van der Waals surface area contributed by atoms with Crippen molar-refractivity contribution in [3.05, 3.63) is 51.8 Å². The molecule has 0 bridgehead atoms. The van der Waals surface area contributed by atoms with E-state index in [0.717, 1.165) is 0 Å². The third-order valence-corrected chi connectivity index (χ3v) is 2.80. The van der Waals surface area contributed by atoms with Gasteiger partial charge in [0.1, 0.15) is 28.3 Å². The van der Waals surface area contributed by atoms with Gasteiger partial charge in [0.2, 0.25) is 0 Å². The molecule has 1 aromatic heterocycles. The van der Waals surface area contributed by atoms with E-state index in [9.17, 15) is 15.2 Å². The second kappa shape index (κ2) is 5.62. The van der Waals surface area contributed by atoms with E-state index in [1.165, 1.54) is 26.4 Å². The highest BCUT2D eigenvalue weighted by atomic mass is 16.6. The molecule has 1 unspecified atom stereocenters. The summed E-state index contributed by atoms with van der Waals surface area (Å²) >= 11 is 0. The van der Waals surface area contributed by atoms with Crippen LogP contribution in [0.3, 0.4) is 0 Å². The predicted octanol–water partition coefficient (Wildman–Crippen LogP) is 2.29. The molecule has 0 fully saturated rings. The van der Waals surface area contributed by atoms with Crippen molar-refractivity contribution in [1.82, 2.24) is 0 Å². The van der Waals surface area contributed by atoms with Crippen molar-refractivity contribution in [2.75, 3.05) is 14.2 Å². The maximum atomic E-state index is 10.6. The standard InChI is InChI=1S/C13H13NO6/c1-18-8-3-4-9(11(7-8)19-2)13(15)10-5-6-12(20-10)14(16)17/h3-7,13,15H,1-2H3. The molecule has 106 valence electrons. The predicted molar refractivity (Wildman–Crippen MR) is 69.0 cm³/mol. The number of nitrogens with zero attached hydrogens (tertiary/aromatic N) is 1. The van der Waals surface area contributed by atoms with Gasteiger partial charge in [-0.25, -0.2) is 0 Å². The van der Waals surface area contributed by atoms with Crippen molar-refractivity contribution in [2.45, 2.75) is 6.10 Å². The highest BCUT2D eigenvalue weighted by Gasteiger charge is 2.22. The van der Waals surface area contributed by atoms with E-state index < -0.39 is 16.9 Å². The summed E-state index contributed by atoms with van der Waals surface area (Å²) in [5, 5.41) is 20.8. The van der Waals surface area contributed by atoms with Gasteiger partial charge in [0.05, 0.1) is 20.3 Å². The first-order chi connectivity index (χ1) is 9.56. The molecule has 0 aliphatic heterocycles. The second-order valence-electron chi connectivity index (χ2n) is 3.94. The van der Waals surface area contributed by atoms with Crippen molar-refractivity contribution in [3.8, 4) is 11.5 Å². The molecule has 0 saturated heterocycles. The van der Waals surface area contributed by atoms with Gasteiger partial charge in [-0.2, -0.15) is 0 Å². The lowest BCUT2D eigenvalue weighted by Crippen LogP contribution is -2.01. The second-order valence-corrected chi connectivity index (χ2v) is 3.94. The maximum absolute atomic E-state index is 10.6. The van der Waals surface area contributed by atoms with Crippen molar-refractivity contribution < 1.29 is 23.9 Å². The quantitative estimate of drug-likeness (QED) is 0.666. The van der Waals surface area contributed by atoms with Gasteiger partial charge in [-0.05, 0) is 18.2 Å². The minimum absolute atomic E-state index is 0.0696. The van der Waals surface area contributed by atoms with Crippen LogP contribution >= 0.6 is 0 Å². The largest absolute Gasteiger partial charge is 0.497 e. The molecule has 0 radical (unpaired) electrons. The fraction of sp³-hybridized carbons (Fsp3) is 0.231. The fourth-order valence-corrected chi connectivity index (χ4v) is 1.78. The third kappa shape index (κ3) is 2.57. The Balaban J connectivity index is 2.36. The number of furan rings is 1. The average molecular weight is 279 g/mol. The van der Waals surface area contributed by atoms with E-state index in [1.54, 1.807) is 18.2 Å². The molecule has 0 aliphatic rings. The van der Waals surface area contributed by atoms with Crippen LogP contribution in [-0.4, -0.2) is 24.2 Å². The highest BCUT2D eigenvalue weighted by molar-refractivity contribution is 5.44.